The molecule has 3 nitrogen and oxygen atoms in total. The maximum atomic E-state index is 12.8. The number of halogens is 1. The lowest BCUT2D eigenvalue weighted by Gasteiger charge is -2.18. The summed E-state index contributed by atoms with van der Waals surface area (Å²) in [6.45, 7) is 6.12. The van der Waals surface area contributed by atoms with Gasteiger partial charge in [0.1, 0.15) is 5.82 Å². The predicted octanol–water partition coefficient (Wildman–Crippen LogP) is 3.77. The first-order chi connectivity index (χ1) is 9.36. The highest BCUT2D eigenvalue weighted by molar-refractivity contribution is 6.04. The molecule has 0 aliphatic heterocycles. The van der Waals surface area contributed by atoms with Crippen LogP contribution in [0.1, 0.15) is 36.8 Å². The lowest BCUT2D eigenvalue weighted by atomic mass is 9.91. The molecule has 0 aliphatic rings. The summed E-state index contributed by atoms with van der Waals surface area (Å²) in [4.78, 5) is 16.4. The van der Waals surface area contributed by atoms with Crippen molar-refractivity contribution in [3.05, 3.63) is 59.7 Å². The van der Waals surface area contributed by atoms with E-state index in [4.69, 9.17) is 0 Å². The van der Waals surface area contributed by atoms with Crippen LogP contribution in [0.15, 0.2) is 42.6 Å². The molecule has 2 aromatic rings. The minimum atomic E-state index is -0.332. The van der Waals surface area contributed by atoms with Gasteiger partial charge >= 0.3 is 0 Å². The number of pyridine rings is 1. The third kappa shape index (κ3) is 3.41. The second-order valence-electron chi connectivity index (χ2n) is 5.64. The van der Waals surface area contributed by atoms with E-state index in [1.54, 1.807) is 18.3 Å². The highest BCUT2D eigenvalue weighted by Crippen LogP contribution is 2.21. The van der Waals surface area contributed by atoms with E-state index in [9.17, 15) is 9.18 Å². The number of carbonyl (C=O) groups is 1. The maximum absolute atomic E-state index is 12.8. The minimum Gasteiger partial charge on any atom is -0.322 e. The topological polar surface area (TPSA) is 42.0 Å². The molecule has 4 heteroatoms. The molecule has 20 heavy (non-hydrogen) atoms. The number of hydrogen-bond donors (Lipinski definition) is 1. The number of hydrogen-bond acceptors (Lipinski definition) is 2. The fourth-order valence-electron chi connectivity index (χ4n) is 1.72. The molecule has 0 atom stereocenters. The van der Waals surface area contributed by atoms with Crippen molar-refractivity contribution in [2.75, 3.05) is 5.32 Å². The highest BCUT2D eigenvalue weighted by Gasteiger charge is 2.17. The second kappa shape index (κ2) is 5.41. The van der Waals surface area contributed by atoms with Gasteiger partial charge in [-0.3, -0.25) is 9.78 Å². The molecule has 1 heterocycles. The van der Waals surface area contributed by atoms with Crippen LogP contribution in [0.25, 0.3) is 0 Å². The zero-order valence-corrected chi connectivity index (χ0v) is 11.8. The van der Waals surface area contributed by atoms with Gasteiger partial charge in [-0.15, -0.1) is 0 Å². The third-order valence-electron chi connectivity index (χ3n) is 2.89. The molecular weight excluding hydrogens is 255 g/mol. The molecule has 1 amide bonds. The zero-order chi connectivity index (χ0) is 14.8. The number of benzene rings is 1. The summed E-state index contributed by atoms with van der Waals surface area (Å²) < 4.78 is 12.8. The van der Waals surface area contributed by atoms with Crippen LogP contribution in [0.5, 0.6) is 0 Å². The Labute approximate surface area is 117 Å². The average Bonchev–Trinajstić information content (AvgIpc) is 2.40. The summed E-state index contributed by atoms with van der Waals surface area (Å²) in [5, 5.41) is 2.73. The van der Waals surface area contributed by atoms with E-state index in [1.807, 2.05) is 20.8 Å². The SMILES string of the molecule is CC(C)(C)c1cc(C(=O)Nc2ccc(F)cc2)ccn1. The van der Waals surface area contributed by atoms with Crippen LogP contribution in [0, 0.1) is 5.82 Å². The summed E-state index contributed by atoms with van der Waals surface area (Å²) >= 11 is 0. The molecular formula is C16H17FN2O. The van der Waals surface area contributed by atoms with E-state index in [2.05, 4.69) is 10.3 Å². The first-order valence-electron chi connectivity index (χ1n) is 6.40. The Bertz CT molecular complexity index is 615. The average molecular weight is 272 g/mol. The summed E-state index contributed by atoms with van der Waals surface area (Å²) in [5.41, 5.74) is 1.83. The Hall–Kier alpha value is -2.23. The van der Waals surface area contributed by atoms with Crippen LogP contribution < -0.4 is 5.32 Å². The van der Waals surface area contributed by atoms with Gasteiger partial charge in [0.15, 0.2) is 0 Å². The molecule has 104 valence electrons. The van der Waals surface area contributed by atoms with Gasteiger partial charge in [0, 0.05) is 28.6 Å². The molecule has 0 aliphatic carbocycles. The maximum Gasteiger partial charge on any atom is 0.255 e. The van der Waals surface area contributed by atoms with Crippen LogP contribution in [0.3, 0.4) is 0 Å². The molecule has 1 aromatic heterocycles. The predicted molar refractivity (Wildman–Crippen MR) is 77.3 cm³/mol. The van der Waals surface area contributed by atoms with Gasteiger partial charge in [-0.05, 0) is 36.4 Å². The van der Waals surface area contributed by atoms with E-state index in [1.165, 1.54) is 24.3 Å². The number of anilines is 1. The van der Waals surface area contributed by atoms with Crippen LogP contribution in [0.4, 0.5) is 10.1 Å². The fourth-order valence-corrected chi connectivity index (χ4v) is 1.72. The molecule has 0 saturated carbocycles. The first kappa shape index (κ1) is 14.2. The van der Waals surface area contributed by atoms with Crippen molar-refractivity contribution < 1.29 is 9.18 Å². The van der Waals surface area contributed by atoms with Crippen LogP contribution in [-0.2, 0) is 5.41 Å². The van der Waals surface area contributed by atoms with Gasteiger partial charge < -0.3 is 5.32 Å². The Morgan fingerprint density at radius 2 is 1.80 bits per heavy atom. The number of nitrogens with one attached hydrogen (secondary N) is 1. The molecule has 0 saturated heterocycles. The summed E-state index contributed by atoms with van der Waals surface area (Å²) in [6, 6.07) is 9.11. The van der Waals surface area contributed by atoms with Crippen molar-refractivity contribution in [2.24, 2.45) is 0 Å². The van der Waals surface area contributed by atoms with E-state index in [-0.39, 0.29) is 17.1 Å². The molecule has 2 rings (SSSR count). The van der Waals surface area contributed by atoms with Crippen molar-refractivity contribution in [1.29, 1.82) is 0 Å². The summed E-state index contributed by atoms with van der Waals surface area (Å²) in [7, 11) is 0. The summed E-state index contributed by atoms with van der Waals surface area (Å²) in [5.74, 6) is -0.563. The molecule has 1 N–H and O–H groups in total. The van der Waals surface area contributed by atoms with Crippen LogP contribution >= 0.6 is 0 Å². The Kier molecular flexibility index (Phi) is 3.84. The molecule has 0 spiro atoms. The largest absolute Gasteiger partial charge is 0.322 e. The fraction of sp³-hybridized carbons (Fsp3) is 0.250. The normalized spacial score (nSPS) is 11.2. The van der Waals surface area contributed by atoms with Gasteiger partial charge in [0.2, 0.25) is 0 Å². The van der Waals surface area contributed by atoms with Crippen molar-refractivity contribution >= 4 is 11.6 Å². The Morgan fingerprint density at radius 3 is 2.40 bits per heavy atom. The monoisotopic (exact) mass is 272 g/mol. The van der Waals surface area contributed by atoms with Gasteiger partial charge in [0.25, 0.3) is 5.91 Å². The highest BCUT2D eigenvalue weighted by atomic mass is 19.1. The second-order valence-corrected chi connectivity index (χ2v) is 5.64. The number of rotatable bonds is 2. The van der Waals surface area contributed by atoms with Crippen LogP contribution in [-0.4, -0.2) is 10.9 Å². The smallest absolute Gasteiger partial charge is 0.255 e. The molecule has 0 fully saturated rings. The lowest BCUT2D eigenvalue weighted by molar-refractivity contribution is 0.102. The number of carbonyl (C=O) groups excluding carboxylic acids is 1. The molecule has 0 bridgehead atoms. The van der Waals surface area contributed by atoms with Crippen LogP contribution in [0.2, 0.25) is 0 Å². The van der Waals surface area contributed by atoms with Gasteiger partial charge in [-0.1, -0.05) is 20.8 Å². The van der Waals surface area contributed by atoms with Crippen molar-refractivity contribution in [3.8, 4) is 0 Å². The van der Waals surface area contributed by atoms with Gasteiger partial charge in [-0.2, -0.15) is 0 Å². The standard InChI is InChI=1S/C16H17FN2O/c1-16(2,3)14-10-11(8-9-18-14)15(20)19-13-6-4-12(17)5-7-13/h4-10H,1-3H3,(H,19,20). The van der Waals surface area contributed by atoms with Gasteiger partial charge in [0.05, 0.1) is 0 Å². The number of nitrogens with zero attached hydrogens (tertiary/aromatic N) is 1. The Morgan fingerprint density at radius 1 is 1.15 bits per heavy atom. The minimum absolute atomic E-state index is 0.119. The Balaban J connectivity index is 2.19. The number of amides is 1. The summed E-state index contributed by atoms with van der Waals surface area (Å²) in [6.07, 6.45) is 1.63. The van der Waals surface area contributed by atoms with E-state index in [0.29, 0.717) is 11.3 Å². The van der Waals surface area contributed by atoms with Crippen molar-refractivity contribution in [2.45, 2.75) is 26.2 Å². The first-order valence-corrected chi connectivity index (χ1v) is 6.40. The molecule has 0 radical (unpaired) electrons. The third-order valence-corrected chi connectivity index (χ3v) is 2.89. The number of aromatic nitrogens is 1. The van der Waals surface area contributed by atoms with Crippen molar-refractivity contribution in [3.63, 3.8) is 0 Å². The van der Waals surface area contributed by atoms with E-state index < -0.39 is 0 Å². The van der Waals surface area contributed by atoms with E-state index >= 15 is 0 Å². The van der Waals surface area contributed by atoms with Crippen molar-refractivity contribution in [1.82, 2.24) is 4.98 Å². The van der Waals surface area contributed by atoms with Gasteiger partial charge in [-0.25, -0.2) is 4.39 Å². The quantitative estimate of drug-likeness (QED) is 0.904. The molecule has 0 unspecified atom stereocenters. The molecule has 1 aromatic carbocycles. The van der Waals surface area contributed by atoms with E-state index in [0.717, 1.165) is 5.69 Å². The lowest BCUT2D eigenvalue weighted by Crippen LogP contribution is -2.17. The zero-order valence-electron chi connectivity index (χ0n) is 11.8.